The van der Waals surface area contributed by atoms with Gasteiger partial charge in [-0.1, -0.05) is 36.8 Å². The molecule has 0 saturated carbocycles. The Morgan fingerprint density at radius 1 is 1.09 bits per heavy atom. The largest absolute Gasteiger partial charge is 0.302 e. The topological polar surface area (TPSA) is 70.6 Å². The number of fused-ring (bicyclic) bond motifs is 1. The normalized spacial score (nSPS) is 11.6. The van der Waals surface area contributed by atoms with E-state index in [0.717, 1.165) is 36.6 Å². The number of amides is 1. The fraction of sp³-hybridized carbons (Fsp3) is 0.364. The molecule has 12 heteroatoms. The molecule has 0 fully saturated rings. The molecule has 0 spiro atoms. The van der Waals surface area contributed by atoms with E-state index in [9.17, 15) is 22.0 Å². The van der Waals surface area contributed by atoms with Crippen LogP contribution in [0.25, 0.3) is 10.2 Å². The summed E-state index contributed by atoms with van der Waals surface area (Å²) < 4.78 is 53.4. The van der Waals surface area contributed by atoms with Crippen molar-refractivity contribution in [2.75, 3.05) is 36.8 Å². The summed E-state index contributed by atoms with van der Waals surface area (Å²) in [6, 6.07) is 7.64. The number of anilines is 1. The molecule has 0 aliphatic carbocycles. The second-order valence-electron chi connectivity index (χ2n) is 7.33. The van der Waals surface area contributed by atoms with Crippen molar-refractivity contribution in [2.45, 2.75) is 25.2 Å². The molecule has 2 aromatic carbocycles. The van der Waals surface area contributed by atoms with Crippen LogP contribution in [0.15, 0.2) is 41.3 Å². The molecule has 0 saturated heterocycles. The van der Waals surface area contributed by atoms with Crippen LogP contribution in [-0.4, -0.2) is 56.1 Å². The summed E-state index contributed by atoms with van der Waals surface area (Å²) in [5, 5.41) is 0.614. The van der Waals surface area contributed by atoms with Crippen LogP contribution in [0.1, 0.15) is 20.3 Å². The Balaban J connectivity index is 0.00000408. The molecular formula is C22H25Cl2F2N3O3S2. The first-order chi connectivity index (χ1) is 15.6. The Labute approximate surface area is 212 Å². The average molecular weight is 552 g/mol. The predicted molar refractivity (Wildman–Crippen MR) is 135 cm³/mol. The Morgan fingerprint density at radius 2 is 1.74 bits per heavy atom. The molecule has 1 heterocycles. The van der Waals surface area contributed by atoms with Gasteiger partial charge in [0.25, 0.3) is 0 Å². The van der Waals surface area contributed by atoms with Crippen LogP contribution in [0.2, 0.25) is 5.02 Å². The van der Waals surface area contributed by atoms with E-state index in [0.29, 0.717) is 11.6 Å². The maximum atomic E-state index is 14.2. The summed E-state index contributed by atoms with van der Waals surface area (Å²) in [6.45, 7) is 6.28. The van der Waals surface area contributed by atoms with Gasteiger partial charge in [-0.3, -0.25) is 9.69 Å². The third-order valence-electron chi connectivity index (χ3n) is 5.23. The number of likely N-dealkylation sites (N-methyl/N-ethyl adjacent to an activating group) is 1. The van der Waals surface area contributed by atoms with Crippen LogP contribution in [0, 0.1) is 11.6 Å². The Hall–Kier alpha value is -1.85. The number of rotatable bonds is 10. The quantitative estimate of drug-likeness (QED) is 0.347. The molecule has 0 unspecified atom stereocenters. The first-order valence-corrected chi connectivity index (χ1v) is 13.3. The highest BCUT2D eigenvalue weighted by atomic mass is 35.5. The summed E-state index contributed by atoms with van der Waals surface area (Å²) in [5.41, 5.74) is -0.0224. The van der Waals surface area contributed by atoms with Crippen molar-refractivity contribution in [3.8, 4) is 0 Å². The van der Waals surface area contributed by atoms with Gasteiger partial charge in [-0.2, -0.15) is 0 Å². The molecule has 34 heavy (non-hydrogen) atoms. The smallest absolute Gasteiger partial charge is 0.229 e. The van der Waals surface area contributed by atoms with Crippen LogP contribution in [0.5, 0.6) is 0 Å². The molecule has 0 aliphatic rings. The Bertz CT molecular complexity index is 1230. The van der Waals surface area contributed by atoms with Crippen molar-refractivity contribution in [3.05, 3.63) is 53.1 Å². The summed E-state index contributed by atoms with van der Waals surface area (Å²) in [6.07, 6.45) is -0.282. The van der Waals surface area contributed by atoms with Crippen molar-refractivity contribution in [1.29, 1.82) is 0 Å². The molecule has 1 amide bonds. The van der Waals surface area contributed by atoms with E-state index in [1.54, 1.807) is 0 Å². The molecule has 3 rings (SSSR count). The molecule has 0 radical (unpaired) electrons. The minimum Gasteiger partial charge on any atom is -0.302 e. The lowest BCUT2D eigenvalue weighted by Gasteiger charge is -2.24. The monoisotopic (exact) mass is 551 g/mol. The summed E-state index contributed by atoms with van der Waals surface area (Å²) in [5.74, 6) is -2.40. The van der Waals surface area contributed by atoms with Gasteiger partial charge in [0.05, 0.1) is 15.3 Å². The van der Waals surface area contributed by atoms with E-state index in [1.807, 2.05) is 13.8 Å². The Morgan fingerprint density at radius 3 is 2.35 bits per heavy atom. The second-order valence-corrected chi connectivity index (χ2v) is 10.9. The fourth-order valence-electron chi connectivity index (χ4n) is 3.29. The van der Waals surface area contributed by atoms with Gasteiger partial charge < -0.3 is 4.90 Å². The van der Waals surface area contributed by atoms with Crippen LogP contribution in [0.3, 0.4) is 0 Å². The number of hydrogen-bond acceptors (Lipinski definition) is 6. The maximum absolute atomic E-state index is 14.2. The average Bonchev–Trinajstić information content (AvgIpc) is 3.19. The molecule has 3 aromatic rings. The number of benzene rings is 2. The van der Waals surface area contributed by atoms with Gasteiger partial charge in [-0.05, 0) is 43.4 Å². The molecule has 6 nitrogen and oxygen atoms in total. The molecule has 0 N–H and O–H groups in total. The van der Waals surface area contributed by atoms with Gasteiger partial charge in [-0.25, -0.2) is 22.2 Å². The highest BCUT2D eigenvalue weighted by Crippen LogP contribution is 2.31. The molecule has 0 atom stereocenters. The lowest BCUT2D eigenvalue weighted by molar-refractivity contribution is -0.118. The van der Waals surface area contributed by atoms with Gasteiger partial charge >= 0.3 is 0 Å². The van der Waals surface area contributed by atoms with E-state index in [4.69, 9.17) is 11.6 Å². The molecule has 0 aliphatic heterocycles. The van der Waals surface area contributed by atoms with Crippen LogP contribution < -0.4 is 4.90 Å². The van der Waals surface area contributed by atoms with E-state index in [1.165, 1.54) is 29.2 Å². The summed E-state index contributed by atoms with van der Waals surface area (Å²) in [4.78, 5) is 20.9. The van der Waals surface area contributed by atoms with Crippen LogP contribution in [0.4, 0.5) is 13.9 Å². The molecule has 1 aromatic heterocycles. The van der Waals surface area contributed by atoms with E-state index < -0.39 is 33.1 Å². The lowest BCUT2D eigenvalue weighted by Crippen LogP contribution is -2.39. The number of carbonyl (C=O) groups excluding carboxylic acids is 1. The van der Waals surface area contributed by atoms with Crippen molar-refractivity contribution in [3.63, 3.8) is 0 Å². The highest BCUT2D eigenvalue weighted by Gasteiger charge is 2.24. The maximum Gasteiger partial charge on any atom is 0.229 e. The Kier molecular flexibility index (Phi) is 10.2. The van der Waals surface area contributed by atoms with Gasteiger partial charge in [0.1, 0.15) is 11.3 Å². The highest BCUT2D eigenvalue weighted by molar-refractivity contribution is 7.91. The number of nitrogens with zero attached hydrogens (tertiary/aromatic N) is 3. The second kappa shape index (κ2) is 12.2. The van der Waals surface area contributed by atoms with Gasteiger partial charge in [0, 0.05) is 30.6 Å². The molecule has 186 valence electrons. The first kappa shape index (κ1) is 28.4. The standard InChI is InChI=1S/C22H24ClF2N3O3S2.ClH/c1-3-27(4-2)10-11-28(22-26-21-18(25)13-16(24)14-19(21)32-22)20(29)9-12-33(30,31)17-7-5-15(23)6-8-17;/h5-8,13-14H,3-4,9-12H2,1-2H3;1H. The fourth-order valence-corrected chi connectivity index (χ4v) is 5.69. The number of carbonyl (C=O) groups is 1. The zero-order valence-electron chi connectivity index (χ0n) is 18.6. The minimum atomic E-state index is -3.71. The summed E-state index contributed by atoms with van der Waals surface area (Å²) >= 11 is 6.81. The predicted octanol–water partition coefficient (Wildman–Crippen LogP) is 5.19. The van der Waals surface area contributed by atoms with Crippen LogP contribution >= 0.6 is 35.3 Å². The van der Waals surface area contributed by atoms with E-state index >= 15 is 0 Å². The number of halogens is 4. The number of hydrogen-bond donors (Lipinski definition) is 0. The SMILES string of the molecule is CCN(CC)CCN(C(=O)CCS(=O)(=O)c1ccc(Cl)cc1)c1nc2c(F)cc(F)cc2s1.Cl. The molecular weight excluding hydrogens is 527 g/mol. The number of sulfone groups is 1. The number of aromatic nitrogens is 1. The van der Waals surface area contributed by atoms with E-state index in [-0.39, 0.29) is 45.6 Å². The van der Waals surface area contributed by atoms with Crippen molar-refractivity contribution in [2.24, 2.45) is 0 Å². The van der Waals surface area contributed by atoms with Gasteiger partial charge in [0.2, 0.25) is 5.91 Å². The molecule has 0 bridgehead atoms. The van der Waals surface area contributed by atoms with Gasteiger partial charge in [-0.15, -0.1) is 12.4 Å². The van der Waals surface area contributed by atoms with E-state index in [2.05, 4.69) is 9.88 Å². The van der Waals surface area contributed by atoms with Crippen molar-refractivity contribution < 1.29 is 22.0 Å². The lowest BCUT2D eigenvalue weighted by atomic mass is 10.3. The zero-order valence-corrected chi connectivity index (χ0v) is 21.8. The first-order valence-electron chi connectivity index (χ1n) is 10.4. The zero-order chi connectivity index (χ0) is 24.2. The van der Waals surface area contributed by atoms with Crippen molar-refractivity contribution >= 4 is 66.4 Å². The third kappa shape index (κ3) is 6.85. The summed E-state index contributed by atoms with van der Waals surface area (Å²) in [7, 11) is -3.71. The minimum absolute atomic E-state index is 0. The number of thiazole rings is 1. The third-order valence-corrected chi connectivity index (χ3v) is 8.23. The van der Waals surface area contributed by atoms with Crippen LogP contribution in [-0.2, 0) is 14.6 Å². The van der Waals surface area contributed by atoms with Gasteiger partial charge in [0.15, 0.2) is 20.8 Å². The van der Waals surface area contributed by atoms with Crippen molar-refractivity contribution in [1.82, 2.24) is 9.88 Å².